The Hall–Kier alpha value is -1.84. The molecule has 3 heterocycles. The van der Waals surface area contributed by atoms with E-state index in [-0.39, 0.29) is 10.9 Å². The minimum Gasteiger partial charge on any atom is -0.312 e. The summed E-state index contributed by atoms with van der Waals surface area (Å²) in [7, 11) is -1.63. The number of benzene rings is 1. The van der Waals surface area contributed by atoms with E-state index < -0.39 is 15.8 Å². The maximum atomic E-state index is 13.2. The first-order valence-electron chi connectivity index (χ1n) is 8.85. The molecule has 9 heteroatoms. The summed E-state index contributed by atoms with van der Waals surface area (Å²) in [5, 5.41) is 8.66. The summed E-state index contributed by atoms with van der Waals surface area (Å²) in [5.74, 6) is 1.18. The second kappa shape index (κ2) is 6.71. The summed E-state index contributed by atoms with van der Waals surface area (Å²) in [5.41, 5.74) is 0. The van der Waals surface area contributed by atoms with Crippen molar-refractivity contribution in [2.24, 2.45) is 0 Å². The molecular weight excluding hydrogens is 357 g/mol. The SMILES string of the molecule is CN1CCc2nnc(C3CCCN3S(=O)(=O)c3ccc(F)cc3)n2CC1. The van der Waals surface area contributed by atoms with Crippen molar-refractivity contribution >= 4 is 10.0 Å². The maximum absolute atomic E-state index is 13.2. The average molecular weight is 379 g/mol. The van der Waals surface area contributed by atoms with Crippen molar-refractivity contribution < 1.29 is 12.8 Å². The molecule has 0 radical (unpaired) electrons. The summed E-state index contributed by atoms with van der Waals surface area (Å²) >= 11 is 0. The molecule has 0 amide bonds. The lowest BCUT2D eigenvalue weighted by Crippen LogP contribution is -2.32. The fraction of sp³-hybridized carbons (Fsp3) is 0.529. The van der Waals surface area contributed by atoms with Crippen molar-refractivity contribution in [1.82, 2.24) is 24.0 Å². The number of rotatable bonds is 3. The standard InChI is InChI=1S/C17H22FN5O2S/c1-21-10-8-16-19-20-17(22(16)12-11-21)15-3-2-9-23(15)26(24,25)14-6-4-13(18)5-7-14/h4-7,15H,2-3,8-12H2,1H3. The Kier molecular flexibility index (Phi) is 4.54. The lowest BCUT2D eigenvalue weighted by Gasteiger charge is -2.24. The van der Waals surface area contributed by atoms with Gasteiger partial charge in [-0.25, -0.2) is 12.8 Å². The maximum Gasteiger partial charge on any atom is 0.243 e. The Morgan fingerprint density at radius 3 is 2.62 bits per heavy atom. The Bertz CT molecular complexity index is 896. The molecule has 1 aromatic carbocycles. The van der Waals surface area contributed by atoms with Crippen LogP contribution in [0.15, 0.2) is 29.2 Å². The van der Waals surface area contributed by atoms with Crippen LogP contribution in [-0.4, -0.2) is 59.1 Å². The lowest BCUT2D eigenvalue weighted by molar-refractivity contribution is 0.330. The van der Waals surface area contributed by atoms with Crippen LogP contribution in [0.4, 0.5) is 4.39 Å². The molecule has 0 aliphatic carbocycles. The van der Waals surface area contributed by atoms with Crippen LogP contribution in [0.2, 0.25) is 0 Å². The molecule has 0 spiro atoms. The number of aromatic nitrogens is 3. The summed E-state index contributed by atoms with van der Waals surface area (Å²) in [6.45, 7) is 3.00. The van der Waals surface area contributed by atoms with Crippen molar-refractivity contribution in [2.45, 2.75) is 36.7 Å². The molecule has 0 saturated carbocycles. The van der Waals surface area contributed by atoms with Crippen LogP contribution in [0.5, 0.6) is 0 Å². The largest absolute Gasteiger partial charge is 0.312 e. The third-order valence-electron chi connectivity index (χ3n) is 5.20. The van der Waals surface area contributed by atoms with E-state index >= 15 is 0 Å². The smallest absolute Gasteiger partial charge is 0.243 e. The van der Waals surface area contributed by atoms with Crippen molar-refractivity contribution in [2.75, 3.05) is 26.7 Å². The van der Waals surface area contributed by atoms with E-state index in [2.05, 4.69) is 26.7 Å². The summed E-state index contributed by atoms with van der Waals surface area (Å²) in [6, 6.07) is 4.67. The predicted octanol–water partition coefficient (Wildman–Crippen LogP) is 1.43. The summed E-state index contributed by atoms with van der Waals surface area (Å²) in [6.07, 6.45) is 2.29. The zero-order chi connectivity index (χ0) is 18.3. The van der Waals surface area contributed by atoms with Gasteiger partial charge < -0.3 is 9.47 Å². The van der Waals surface area contributed by atoms with Crippen molar-refractivity contribution in [3.05, 3.63) is 41.7 Å². The number of nitrogens with zero attached hydrogens (tertiary/aromatic N) is 5. The van der Waals surface area contributed by atoms with E-state index in [0.717, 1.165) is 44.1 Å². The number of halogens is 1. The van der Waals surface area contributed by atoms with Crippen molar-refractivity contribution in [3.63, 3.8) is 0 Å². The van der Waals surface area contributed by atoms with Gasteiger partial charge in [0.2, 0.25) is 10.0 Å². The van der Waals surface area contributed by atoms with Crippen LogP contribution < -0.4 is 0 Å². The van der Waals surface area contributed by atoms with E-state index in [1.165, 1.54) is 28.6 Å². The highest BCUT2D eigenvalue weighted by molar-refractivity contribution is 7.89. The van der Waals surface area contributed by atoms with Crippen LogP contribution >= 0.6 is 0 Å². The monoisotopic (exact) mass is 379 g/mol. The van der Waals surface area contributed by atoms with Gasteiger partial charge in [0.15, 0.2) is 5.82 Å². The first-order valence-corrected chi connectivity index (χ1v) is 10.3. The molecule has 4 rings (SSSR count). The molecule has 0 bridgehead atoms. The first-order chi connectivity index (χ1) is 12.5. The average Bonchev–Trinajstić information content (AvgIpc) is 3.21. The first kappa shape index (κ1) is 17.6. The van der Waals surface area contributed by atoms with Crippen LogP contribution in [0.3, 0.4) is 0 Å². The minimum absolute atomic E-state index is 0.112. The van der Waals surface area contributed by atoms with Crippen molar-refractivity contribution in [3.8, 4) is 0 Å². The Balaban J connectivity index is 1.68. The quantitative estimate of drug-likeness (QED) is 0.807. The van der Waals surface area contributed by atoms with Gasteiger partial charge in [0, 0.05) is 32.6 Å². The van der Waals surface area contributed by atoms with Gasteiger partial charge in [-0.3, -0.25) is 0 Å². The van der Waals surface area contributed by atoms with Crippen LogP contribution in [0.1, 0.15) is 30.5 Å². The van der Waals surface area contributed by atoms with E-state index in [4.69, 9.17) is 0 Å². The highest BCUT2D eigenvalue weighted by atomic mass is 32.2. The van der Waals surface area contributed by atoms with Gasteiger partial charge in [-0.1, -0.05) is 0 Å². The summed E-state index contributed by atoms with van der Waals surface area (Å²) < 4.78 is 42.9. The Labute approximate surface area is 152 Å². The molecule has 2 aliphatic rings. The van der Waals surface area contributed by atoms with Gasteiger partial charge in [0.1, 0.15) is 11.6 Å². The molecule has 1 saturated heterocycles. The molecule has 1 aromatic heterocycles. The van der Waals surface area contributed by atoms with Gasteiger partial charge in [-0.15, -0.1) is 10.2 Å². The fourth-order valence-corrected chi connectivity index (χ4v) is 5.38. The molecule has 26 heavy (non-hydrogen) atoms. The Morgan fingerprint density at radius 1 is 1.08 bits per heavy atom. The Morgan fingerprint density at radius 2 is 1.85 bits per heavy atom. The van der Waals surface area contributed by atoms with Gasteiger partial charge >= 0.3 is 0 Å². The normalized spacial score (nSPS) is 22.3. The third-order valence-corrected chi connectivity index (χ3v) is 7.12. The molecular formula is C17H22FN5O2S. The van der Waals surface area contributed by atoms with Crippen LogP contribution in [0, 0.1) is 5.82 Å². The molecule has 2 aromatic rings. The number of hydrogen-bond donors (Lipinski definition) is 0. The lowest BCUT2D eigenvalue weighted by atomic mass is 10.2. The predicted molar refractivity (Wildman–Crippen MR) is 93.5 cm³/mol. The van der Waals surface area contributed by atoms with Crippen molar-refractivity contribution in [1.29, 1.82) is 0 Å². The molecule has 7 nitrogen and oxygen atoms in total. The summed E-state index contributed by atoms with van der Waals surface area (Å²) in [4.78, 5) is 2.35. The fourth-order valence-electron chi connectivity index (χ4n) is 3.73. The molecule has 2 aliphatic heterocycles. The molecule has 140 valence electrons. The van der Waals surface area contributed by atoms with Crippen LogP contribution in [0.25, 0.3) is 0 Å². The number of hydrogen-bond acceptors (Lipinski definition) is 5. The molecule has 1 fully saturated rings. The van der Waals surface area contributed by atoms with E-state index in [1.807, 2.05) is 0 Å². The minimum atomic E-state index is -3.70. The van der Waals surface area contributed by atoms with Gasteiger partial charge in [-0.05, 0) is 44.2 Å². The third kappa shape index (κ3) is 3.04. The van der Waals surface area contributed by atoms with Gasteiger partial charge in [0.05, 0.1) is 10.9 Å². The van der Waals surface area contributed by atoms with E-state index in [9.17, 15) is 12.8 Å². The topological polar surface area (TPSA) is 71.3 Å². The molecule has 1 unspecified atom stereocenters. The second-order valence-corrected chi connectivity index (χ2v) is 8.80. The van der Waals surface area contributed by atoms with Gasteiger partial charge in [-0.2, -0.15) is 4.31 Å². The van der Waals surface area contributed by atoms with Crippen LogP contribution in [-0.2, 0) is 23.0 Å². The van der Waals surface area contributed by atoms with E-state index in [0.29, 0.717) is 13.0 Å². The van der Waals surface area contributed by atoms with E-state index in [1.54, 1.807) is 0 Å². The number of fused-ring (bicyclic) bond motifs is 1. The highest BCUT2D eigenvalue weighted by Crippen LogP contribution is 2.36. The molecule has 0 N–H and O–H groups in total. The highest BCUT2D eigenvalue weighted by Gasteiger charge is 2.39. The second-order valence-electron chi connectivity index (χ2n) is 6.91. The zero-order valence-electron chi connectivity index (χ0n) is 14.7. The number of sulfonamides is 1. The molecule has 1 atom stereocenters. The van der Waals surface area contributed by atoms with Gasteiger partial charge in [0.25, 0.3) is 0 Å². The zero-order valence-corrected chi connectivity index (χ0v) is 15.5. The number of likely N-dealkylation sites (N-methyl/N-ethyl adjacent to an activating group) is 1.